The molecule has 1 saturated heterocycles. The Balaban J connectivity index is 1.75. The van der Waals surface area contributed by atoms with Gasteiger partial charge in [0.05, 0.1) is 26.9 Å². The highest BCUT2D eigenvalue weighted by atomic mass is 32.2. The maximum atomic E-state index is 13.0. The lowest BCUT2D eigenvalue weighted by Crippen LogP contribution is -2.40. The fraction of sp³-hybridized carbons (Fsp3) is 0.316. The summed E-state index contributed by atoms with van der Waals surface area (Å²) in [6.07, 6.45) is 2.97. The van der Waals surface area contributed by atoms with Crippen LogP contribution in [0.2, 0.25) is 0 Å². The Kier molecular flexibility index (Phi) is 6.84. The van der Waals surface area contributed by atoms with Crippen LogP contribution in [0.3, 0.4) is 0 Å². The van der Waals surface area contributed by atoms with Crippen molar-refractivity contribution in [1.29, 1.82) is 0 Å². The van der Waals surface area contributed by atoms with E-state index in [9.17, 15) is 13.2 Å². The van der Waals surface area contributed by atoms with Crippen molar-refractivity contribution in [3.05, 3.63) is 52.2 Å². The molecular formula is C19H22N2O5S2. The van der Waals surface area contributed by atoms with E-state index in [0.717, 1.165) is 4.88 Å². The summed E-state index contributed by atoms with van der Waals surface area (Å²) in [6.45, 7) is 1.80. The normalized spacial score (nSPS) is 15.6. The van der Waals surface area contributed by atoms with Crippen LogP contribution in [0.15, 0.2) is 46.7 Å². The van der Waals surface area contributed by atoms with Gasteiger partial charge in [0, 0.05) is 24.0 Å². The van der Waals surface area contributed by atoms with Crippen LogP contribution in [0, 0.1) is 0 Å². The lowest BCUT2D eigenvalue weighted by molar-refractivity contribution is -0.116. The molecule has 0 bridgehead atoms. The Hall–Kier alpha value is -2.20. The minimum Gasteiger partial charge on any atom is -0.495 e. The van der Waals surface area contributed by atoms with Gasteiger partial charge in [0.25, 0.3) is 0 Å². The third-order valence-corrected chi connectivity index (χ3v) is 7.02. The maximum absolute atomic E-state index is 13.0. The minimum atomic E-state index is -3.71. The predicted octanol–water partition coefficient (Wildman–Crippen LogP) is 2.11. The van der Waals surface area contributed by atoms with Crippen LogP contribution < -0.4 is 10.1 Å². The highest BCUT2D eigenvalue weighted by Crippen LogP contribution is 2.28. The van der Waals surface area contributed by atoms with Gasteiger partial charge in [-0.3, -0.25) is 4.79 Å². The first-order valence-corrected chi connectivity index (χ1v) is 11.1. The molecule has 1 fully saturated rings. The molecule has 1 aliphatic rings. The summed E-state index contributed by atoms with van der Waals surface area (Å²) in [7, 11) is -2.28. The Morgan fingerprint density at radius 3 is 2.79 bits per heavy atom. The minimum absolute atomic E-state index is 0.0815. The summed E-state index contributed by atoms with van der Waals surface area (Å²) in [5.41, 5.74) is 0.596. The number of methoxy groups -OCH3 is 1. The van der Waals surface area contributed by atoms with Gasteiger partial charge in [0.2, 0.25) is 15.9 Å². The van der Waals surface area contributed by atoms with Crippen molar-refractivity contribution in [1.82, 2.24) is 9.62 Å². The summed E-state index contributed by atoms with van der Waals surface area (Å²) in [5, 5.41) is 4.74. The fourth-order valence-electron chi connectivity index (χ4n) is 2.74. The Morgan fingerprint density at radius 2 is 2.11 bits per heavy atom. The predicted molar refractivity (Wildman–Crippen MR) is 108 cm³/mol. The molecule has 2 heterocycles. The van der Waals surface area contributed by atoms with E-state index in [0.29, 0.717) is 38.4 Å². The average molecular weight is 423 g/mol. The number of hydrogen-bond donors (Lipinski definition) is 1. The lowest BCUT2D eigenvalue weighted by atomic mass is 10.2. The number of carbonyl (C=O) groups is 1. The molecule has 1 aromatic heterocycles. The molecule has 2 aromatic rings. The van der Waals surface area contributed by atoms with Crippen molar-refractivity contribution in [2.75, 3.05) is 33.4 Å². The maximum Gasteiger partial charge on any atom is 0.246 e. The van der Waals surface area contributed by atoms with Crippen molar-refractivity contribution in [2.45, 2.75) is 11.4 Å². The van der Waals surface area contributed by atoms with E-state index in [4.69, 9.17) is 9.47 Å². The van der Waals surface area contributed by atoms with E-state index in [1.165, 1.54) is 23.6 Å². The zero-order chi connectivity index (χ0) is 20.0. The number of carbonyl (C=O) groups excluding carboxylic acids is 1. The zero-order valence-corrected chi connectivity index (χ0v) is 17.1. The summed E-state index contributed by atoms with van der Waals surface area (Å²) < 4.78 is 37.8. The molecule has 1 aromatic carbocycles. The summed E-state index contributed by atoms with van der Waals surface area (Å²) in [6, 6.07) is 8.69. The van der Waals surface area contributed by atoms with Gasteiger partial charge in [-0.15, -0.1) is 11.3 Å². The van der Waals surface area contributed by atoms with Crippen LogP contribution in [0.1, 0.15) is 10.4 Å². The highest BCUT2D eigenvalue weighted by molar-refractivity contribution is 7.89. The number of amides is 1. The van der Waals surface area contributed by atoms with Gasteiger partial charge in [0.1, 0.15) is 10.6 Å². The molecule has 0 radical (unpaired) electrons. The van der Waals surface area contributed by atoms with Crippen LogP contribution in [-0.4, -0.2) is 52.0 Å². The van der Waals surface area contributed by atoms with Gasteiger partial charge >= 0.3 is 0 Å². The van der Waals surface area contributed by atoms with Crippen molar-refractivity contribution >= 4 is 33.3 Å². The molecule has 1 amide bonds. The van der Waals surface area contributed by atoms with E-state index in [2.05, 4.69) is 5.32 Å². The Bertz CT molecular complexity index is 933. The van der Waals surface area contributed by atoms with Crippen molar-refractivity contribution in [3.63, 3.8) is 0 Å². The number of thiophene rings is 1. The highest BCUT2D eigenvalue weighted by Gasteiger charge is 2.29. The number of rotatable bonds is 7. The Labute approximate surface area is 168 Å². The molecule has 0 aliphatic carbocycles. The fourth-order valence-corrected chi connectivity index (χ4v) is 4.99. The van der Waals surface area contributed by atoms with Crippen LogP contribution in [0.4, 0.5) is 0 Å². The van der Waals surface area contributed by atoms with Crippen LogP contribution >= 0.6 is 11.3 Å². The lowest BCUT2D eigenvalue weighted by Gasteiger charge is -2.26. The van der Waals surface area contributed by atoms with Gasteiger partial charge in [-0.2, -0.15) is 4.31 Å². The van der Waals surface area contributed by atoms with Crippen LogP contribution in [0.25, 0.3) is 6.08 Å². The molecule has 0 spiro atoms. The topological polar surface area (TPSA) is 84.9 Å². The largest absolute Gasteiger partial charge is 0.495 e. The molecule has 1 aliphatic heterocycles. The van der Waals surface area contributed by atoms with E-state index < -0.39 is 10.0 Å². The number of ether oxygens (including phenoxy) is 2. The van der Waals surface area contributed by atoms with Gasteiger partial charge in [-0.25, -0.2) is 8.42 Å². The SMILES string of the molecule is COc1ccc(/C=C/C(=O)NCc2cccs2)cc1S(=O)(=O)N1CCOCC1. The van der Waals surface area contributed by atoms with Crippen molar-refractivity contribution < 1.29 is 22.7 Å². The molecular weight excluding hydrogens is 400 g/mol. The van der Waals surface area contributed by atoms with Crippen molar-refractivity contribution in [2.24, 2.45) is 0 Å². The van der Waals surface area contributed by atoms with E-state index in [-0.39, 0.29) is 16.6 Å². The number of morpholine rings is 1. The molecule has 1 N–H and O–H groups in total. The van der Waals surface area contributed by atoms with Crippen LogP contribution in [0.5, 0.6) is 5.75 Å². The monoisotopic (exact) mass is 422 g/mol. The number of nitrogens with zero attached hydrogens (tertiary/aromatic N) is 1. The third-order valence-electron chi connectivity index (χ3n) is 4.22. The van der Waals surface area contributed by atoms with E-state index in [1.54, 1.807) is 29.5 Å². The summed E-state index contributed by atoms with van der Waals surface area (Å²) in [5.74, 6) is 0.0209. The Morgan fingerprint density at radius 1 is 1.32 bits per heavy atom. The number of nitrogens with one attached hydrogen (secondary N) is 1. The smallest absolute Gasteiger partial charge is 0.246 e. The second-order valence-corrected chi connectivity index (χ2v) is 9.00. The molecule has 0 atom stereocenters. The van der Waals surface area contributed by atoms with Gasteiger partial charge in [-0.1, -0.05) is 12.1 Å². The molecule has 7 nitrogen and oxygen atoms in total. The van der Waals surface area contributed by atoms with E-state index in [1.807, 2.05) is 17.5 Å². The van der Waals surface area contributed by atoms with Crippen molar-refractivity contribution in [3.8, 4) is 5.75 Å². The first kappa shape index (κ1) is 20.5. The zero-order valence-electron chi connectivity index (χ0n) is 15.5. The second kappa shape index (κ2) is 9.33. The van der Waals surface area contributed by atoms with Gasteiger partial charge in [0.15, 0.2) is 0 Å². The molecule has 150 valence electrons. The van der Waals surface area contributed by atoms with E-state index >= 15 is 0 Å². The second-order valence-electron chi connectivity index (χ2n) is 6.06. The average Bonchev–Trinajstić information content (AvgIpc) is 3.25. The molecule has 9 heteroatoms. The first-order chi connectivity index (χ1) is 13.5. The standard InChI is InChI=1S/C19H22N2O5S2/c1-25-17-6-4-15(5-7-19(22)20-14-16-3-2-12-27-16)13-18(17)28(23,24)21-8-10-26-11-9-21/h2-7,12-13H,8-11,14H2,1H3,(H,20,22)/b7-5+. The van der Waals surface area contributed by atoms with Gasteiger partial charge in [-0.05, 0) is 35.2 Å². The molecule has 28 heavy (non-hydrogen) atoms. The number of hydrogen-bond acceptors (Lipinski definition) is 6. The summed E-state index contributed by atoms with van der Waals surface area (Å²) in [4.78, 5) is 13.1. The third kappa shape index (κ3) is 4.99. The van der Waals surface area contributed by atoms with Crippen LogP contribution in [-0.2, 0) is 26.1 Å². The van der Waals surface area contributed by atoms with Gasteiger partial charge < -0.3 is 14.8 Å². The number of sulfonamides is 1. The molecule has 0 saturated carbocycles. The molecule has 3 rings (SSSR count). The quantitative estimate of drug-likeness (QED) is 0.691. The first-order valence-electron chi connectivity index (χ1n) is 8.75. The summed E-state index contributed by atoms with van der Waals surface area (Å²) >= 11 is 1.57. The molecule has 0 unspecified atom stereocenters. The number of benzene rings is 1.